The van der Waals surface area contributed by atoms with Gasteiger partial charge in [0.05, 0.1) is 5.69 Å². The third-order valence-corrected chi connectivity index (χ3v) is 6.64. The van der Waals surface area contributed by atoms with Crippen molar-refractivity contribution in [3.8, 4) is 0 Å². The smallest absolute Gasteiger partial charge is 0.178 e. The number of rotatable bonds is 3. The van der Waals surface area contributed by atoms with E-state index in [1.165, 1.54) is 38.5 Å². The van der Waals surface area contributed by atoms with Crippen LogP contribution in [0.2, 0.25) is 5.15 Å². The Kier molecular flexibility index (Phi) is 3.06. The molecule has 2 N–H and O–H groups in total. The maximum Gasteiger partial charge on any atom is 0.178 e. The van der Waals surface area contributed by atoms with E-state index in [2.05, 4.69) is 10.3 Å². The van der Waals surface area contributed by atoms with Gasteiger partial charge in [-0.1, -0.05) is 11.6 Å². The first-order chi connectivity index (χ1) is 9.55. The van der Waals surface area contributed by atoms with Gasteiger partial charge in [0.25, 0.3) is 0 Å². The van der Waals surface area contributed by atoms with E-state index in [4.69, 9.17) is 23.8 Å². The maximum absolute atomic E-state index is 6.33. The van der Waals surface area contributed by atoms with E-state index in [9.17, 15) is 0 Å². The Balaban J connectivity index is 1.52. The number of H-pyrrole nitrogens is 1. The molecular formula is C15H22ClN3S. The molecule has 0 atom stereocenters. The summed E-state index contributed by atoms with van der Waals surface area (Å²) in [5.41, 5.74) is 1.42. The summed E-state index contributed by atoms with van der Waals surface area (Å²) in [5.74, 6) is 2.91. The molecule has 3 nitrogen and oxygen atoms in total. The van der Waals surface area contributed by atoms with Crippen molar-refractivity contribution in [2.75, 3.05) is 0 Å². The van der Waals surface area contributed by atoms with E-state index in [1.54, 1.807) is 0 Å². The molecule has 0 amide bonds. The van der Waals surface area contributed by atoms with Gasteiger partial charge in [-0.3, -0.25) is 0 Å². The van der Waals surface area contributed by atoms with Crippen molar-refractivity contribution in [3.63, 3.8) is 0 Å². The molecule has 0 aromatic carbocycles. The second kappa shape index (κ2) is 4.59. The molecule has 4 aliphatic rings. The highest BCUT2D eigenvalue weighted by atomic mass is 35.5. The van der Waals surface area contributed by atoms with Crippen molar-refractivity contribution >= 4 is 23.8 Å². The predicted molar refractivity (Wildman–Crippen MR) is 83.4 cm³/mol. The van der Waals surface area contributed by atoms with Gasteiger partial charge in [-0.05, 0) is 68.5 Å². The van der Waals surface area contributed by atoms with E-state index >= 15 is 0 Å². The Morgan fingerprint density at radius 2 is 1.80 bits per heavy atom. The van der Waals surface area contributed by atoms with Crippen LogP contribution in [0.3, 0.4) is 0 Å². The molecule has 110 valence electrons. The zero-order valence-corrected chi connectivity index (χ0v) is 13.5. The minimum Gasteiger partial charge on any atom is -0.332 e. The molecule has 4 aliphatic carbocycles. The van der Waals surface area contributed by atoms with Crippen LogP contribution in [0.15, 0.2) is 0 Å². The van der Waals surface area contributed by atoms with Crippen LogP contribution < -0.4 is 5.32 Å². The van der Waals surface area contributed by atoms with Gasteiger partial charge in [0.15, 0.2) is 4.77 Å². The standard InChI is InChI=1S/C15H22ClN3S/c1-19-13(16)12(18-14(19)20)8-17-15-5-9-2-10(6-15)4-11(3-9)7-15/h9-11,17H,2-8H2,1H3,(H,18,20). The second-order valence-electron chi connectivity index (χ2n) is 7.31. The highest BCUT2D eigenvalue weighted by Crippen LogP contribution is 2.55. The Morgan fingerprint density at radius 1 is 1.25 bits per heavy atom. The van der Waals surface area contributed by atoms with E-state index in [0.717, 1.165) is 35.1 Å². The van der Waals surface area contributed by atoms with Gasteiger partial charge < -0.3 is 14.9 Å². The Bertz CT molecular complexity index is 553. The van der Waals surface area contributed by atoms with Crippen molar-refractivity contribution in [2.24, 2.45) is 24.8 Å². The first-order valence-electron chi connectivity index (χ1n) is 7.73. The predicted octanol–water partition coefficient (Wildman–Crippen LogP) is 3.79. The lowest BCUT2D eigenvalue weighted by molar-refractivity contribution is -0.0207. The van der Waals surface area contributed by atoms with Crippen LogP contribution >= 0.6 is 23.8 Å². The summed E-state index contributed by atoms with van der Waals surface area (Å²) in [6, 6.07) is 0. The molecule has 0 aliphatic heterocycles. The van der Waals surface area contributed by atoms with Crippen LogP contribution in [0.4, 0.5) is 0 Å². The van der Waals surface area contributed by atoms with E-state index in [1.807, 2.05) is 11.6 Å². The topological polar surface area (TPSA) is 32.8 Å². The fourth-order valence-corrected chi connectivity index (χ4v) is 5.74. The average Bonchev–Trinajstić information content (AvgIpc) is 2.62. The molecule has 1 heterocycles. The van der Waals surface area contributed by atoms with Crippen molar-refractivity contribution in [3.05, 3.63) is 15.6 Å². The lowest BCUT2D eigenvalue weighted by Crippen LogP contribution is -2.58. The van der Waals surface area contributed by atoms with Gasteiger partial charge in [0.1, 0.15) is 5.15 Å². The molecule has 4 saturated carbocycles. The van der Waals surface area contributed by atoms with Crippen LogP contribution in [0.5, 0.6) is 0 Å². The largest absolute Gasteiger partial charge is 0.332 e. The summed E-state index contributed by atoms with van der Waals surface area (Å²) in [6.07, 6.45) is 8.54. The summed E-state index contributed by atoms with van der Waals surface area (Å²) in [5, 5.41) is 4.59. The molecule has 0 spiro atoms. The normalized spacial score (nSPS) is 38.6. The minimum atomic E-state index is 0.378. The van der Waals surface area contributed by atoms with Crippen LogP contribution in [-0.2, 0) is 13.6 Å². The summed E-state index contributed by atoms with van der Waals surface area (Å²) in [4.78, 5) is 3.23. The number of aromatic amines is 1. The van der Waals surface area contributed by atoms with E-state index in [-0.39, 0.29) is 0 Å². The fraction of sp³-hybridized carbons (Fsp3) is 0.800. The fourth-order valence-electron chi connectivity index (χ4n) is 5.28. The molecule has 20 heavy (non-hydrogen) atoms. The molecule has 4 bridgehead atoms. The summed E-state index contributed by atoms with van der Waals surface area (Å²) < 4.78 is 2.55. The number of hydrogen-bond donors (Lipinski definition) is 2. The molecule has 1 aromatic heterocycles. The summed E-state index contributed by atoms with van der Waals surface area (Å²) in [6.45, 7) is 0.815. The molecule has 4 fully saturated rings. The van der Waals surface area contributed by atoms with E-state index in [0.29, 0.717) is 10.3 Å². The quantitative estimate of drug-likeness (QED) is 0.832. The SMILES string of the molecule is Cn1c(Cl)c(CNC23CC4CC(CC(C4)C2)C3)[nH]c1=S. The molecule has 1 aromatic rings. The lowest BCUT2D eigenvalue weighted by Gasteiger charge is -2.57. The number of halogens is 1. The average molecular weight is 312 g/mol. The molecule has 0 radical (unpaired) electrons. The third-order valence-electron chi connectivity index (χ3n) is 5.78. The van der Waals surface area contributed by atoms with Gasteiger partial charge in [-0.25, -0.2) is 0 Å². The summed E-state index contributed by atoms with van der Waals surface area (Å²) >= 11 is 11.6. The molecule has 5 heteroatoms. The first kappa shape index (κ1) is 13.4. The summed E-state index contributed by atoms with van der Waals surface area (Å²) in [7, 11) is 1.91. The van der Waals surface area contributed by atoms with Crippen molar-refractivity contribution in [1.29, 1.82) is 0 Å². The second-order valence-corrected chi connectivity index (χ2v) is 8.05. The monoisotopic (exact) mass is 311 g/mol. The highest BCUT2D eigenvalue weighted by Gasteiger charge is 2.50. The van der Waals surface area contributed by atoms with Gasteiger partial charge in [-0.2, -0.15) is 0 Å². The molecule has 0 saturated heterocycles. The van der Waals surface area contributed by atoms with Crippen LogP contribution in [0.25, 0.3) is 0 Å². The molecule has 5 rings (SSSR count). The van der Waals surface area contributed by atoms with Crippen LogP contribution in [0.1, 0.15) is 44.2 Å². The van der Waals surface area contributed by atoms with Crippen molar-refractivity contribution < 1.29 is 0 Å². The van der Waals surface area contributed by atoms with Gasteiger partial charge in [0, 0.05) is 19.1 Å². The Hall–Kier alpha value is -0.320. The van der Waals surface area contributed by atoms with Crippen LogP contribution in [-0.4, -0.2) is 15.1 Å². The number of nitrogens with one attached hydrogen (secondary N) is 2. The van der Waals surface area contributed by atoms with Gasteiger partial charge >= 0.3 is 0 Å². The number of aromatic nitrogens is 2. The zero-order chi connectivity index (χ0) is 13.9. The lowest BCUT2D eigenvalue weighted by atomic mass is 9.53. The molecule has 0 unspecified atom stereocenters. The third kappa shape index (κ3) is 2.08. The highest BCUT2D eigenvalue weighted by molar-refractivity contribution is 7.71. The van der Waals surface area contributed by atoms with Crippen LogP contribution in [0, 0.1) is 22.5 Å². The van der Waals surface area contributed by atoms with Gasteiger partial charge in [0.2, 0.25) is 0 Å². The van der Waals surface area contributed by atoms with Crippen molar-refractivity contribution in [1.82, 2.24) is 14.9 Å². The number of imidazole rings is 1. The number of hydrogen-bond acceptors (Lipinski definition) is 2. The van der Waals surface area contributed by atoms with Crippen molar-refractivity contribution in [2.45, 2.75) is 50.6 Å². The Labute approximate surface area is 130 Å². The van der Waals surface area contributed by atoms with Gasteiger partial charge in [-0.15, -0.1) is 0 Å². The number of nitrogens with zero attached hydrogens (tertiary/aromatic N) is 1. The minimum absolute atomic E-state index is 0.378. The molecular weight excluding hydrogens is 290 g/mol. The maximum atomic E-state index is 6.33. The first-order valence-corrected chi connectivity index (χ1v) is 8.52. The Morgan fingerprint density at radius 3 is 2.25 bits per heavy atom. The van der Waals surface area contributed by atoms with E-state index < -0.39 is 0 Å². The zero-order valence-electron chi connectivity index (χ0n) is 11.9.